The number of likely N-dealkylation sites (N-methyl/N-ethyl adjacent to an activating group) is 1. The molecule has 0 saturated carbocycles. The molecule has 3 aromatic carbocycles. The SMILES string of the molecule is CO[C@H]1/C=C/O[C@@]2(C)Oc3c(C)c(=O)c4c(O)c(c5oc6cc(OCCOCC[N+](C)(C)C(C)C)ccc6nc5c4c3C2=O)NC(=O)/C(C)=C\C=C\[C@H](C)[C@H](O)[C@@H](C)[C@@H](C)[C@@H](C)[C@H](OC(C)=O)[C@@H]1C. The summed E-state index contributed by atoms with van der Waals surface area (Å²) < 4.78 is 43.4. The summed E-state index contributed by atoms with van der Waals surface area (Å²) in [6.07, 6.45) is 5.73. The van der Waals surface area contributed by atoms with Crippen LogP contribution in [-0.2, 0) is 28.5 Å². The van der Waals surface area contributed by atoms with Crippen LogP contribution < -0.4 is 20.2 Å². The summed E-state index contributed by atoms with van der Waals surface area (Å²) in [4.78, 5) is 60.7. The van der Waals surface area contributed by atoms with Crippen LogP contribution in [0, 0.1) is 36.5 Å². The van der Waals surface area contributed by atoms with Crippen LogP contribution in [0.3, 0.4) is 0 Å². The molecule has 0 fully saturated rings. The number of Topliss-reactive ketones (excluding diaryl/α,β-unsaturated/α-hetero) is 1. The molecule has 0 unspecified atom stereocenters. The largest absolute Gasteiger partial charge is 0.505 e. The van der Waals surface area contributed by atoms with E-state index in [1.54, 1.807) is 49.4 Å². The first kappa shape index (κ1) is 52.6. The van der Waals surface area contributed by atoms with E-state index in [1.165, 1.54) is 34.1 Å². The third-order valence-corrected chi connectivity index (χ3v) is 14.6. The van der Waals surface area contributed by atoms with Crippen molar-refractivity contribution in [2.75, 3.05) is 52.9 Å². The molecule has 2 aliphatic rings. The summed E-state index contributed by atoms with van der Waals surface area (Å²) in [5, 5.41) is 26.2. The second-order valence-electron chi connectivity index (χ2n) is 19.8. The third kappa shape index (κ3) is 10.7. The van der Waals surface area contributed by atoms with Crippen LogP contribution in [0.5, 0.6) is 17.2 Å². The summed E-state index contributed by atoms with van der Waals surface area (Å²) in [6.45, 7) is 21.8. The van der Waals surface area contributed by atoms with Crippen LogP contribution in [-0.4, -0.2) is 115 Å². The van der Waals surface area contributed by atoms with Crippen molar-refractivity contribution in [3.63, 3.8) is 0 Å². The number of phenolic OH excluding ortho intramolecular Hbond substituents is 1. The van der Waals surface area contributed by atoms with Gasteiger partial charge in [-0.2, -0.15) is 0 Å². The van der Waals surface area contributed by atoms with Crippen molar-refractivity contribution < 1.29 is 61.9 Å². The van der Waals surface area contributed by atoms with E-state index in [9.17, 15) is 29.4 Å². The number of ketones is 1. The summed E-state index contributed by atoms with van der Waals surface area (Å²) in [6, 6.07) is 5.43. The molecule has 1 aromatic heterocycles. The Hall–Kier alpha value is -5.81. The van der Waals surface area contributed by atoms with Gasteiger partial charge in [0.25, 0.3) is 11.7 Å². The Bertz CT molecular complexity index is 2760. The summed E-state index contributed by atoms with van der Waals surface area (Å²) in [7, 11) is 5.82. The molecule has 0 aliphatic carbocycles. The van der Waals surface area contributed by atoms with E-state index in [1.807, 2.05) is 34.6 Å². The first-order valence-electron chi connectivity index (χ1n) is 23.7. The van der Waals surface area contributed by atoms with Gasteiger partial charge in [-0.3, -0.25) is 19.2 Å². The molecule has 3 N–H and O–H groups in total. The van der Waals surface area contributed by atoms with Crippen molar-refractivity contribution in [1.82, 2.24) is 4.98 Å². The van der Waals surface area contributed by atoms with E-state index in [4.69, 9.17) is 37.8 Å². The Kier molecular flexibility index (Phi) is 16.0. The number of anilines is 1. The van der Waals surface area contributed by atoms with Crippen molar-refractivity contribution >= 4 is 56.3 Å². The second kappa shape index (κ2) is 21.0. The number of nitrogens with one attached hydrogen (secondary N) is 1. The van der Waals surface area contributed by atoms with Gasteiger partial charge in [-0.15, -0.1) is 0 Å². The molecular weight excluding hydrogens is 887 g/mol. The number of aliphatic hydroxyl groups excluding tert-OH is 1. The van der Waals surface area contributed by atoms with Crippen molar-refractivity contribution in [1.29, 1.82) is 0 Å². The minimum Gasteiger partial charge on any atom is -0.505 e. The van der Waals surface area contributed by atoms with Crippen LogP contribution in [0.4, 0.5) is 5.69 Å². The van der Waals surface area contributed by atoms with E-state index in [-0.39, 0.29) is 85.9 Å². The first-order chi connectivity index (χ1) is 32.4. The number of aromatic nitrogens is 1. The zero-order chi connectivity index (χ0) is 50.9. The van der Waals surface area contributed by atoms with Gasteiger partial charge in [0.2, 0.25) is 0 Å². The molecule has 16 nitrogen and oxygen atoms in total. The number of benzene rings is 3. The average Bonchev–Trinajstić information content (AvgIpc) is 3.57. The van der Waals surface area contributed by atoms with E-state index < -0.39 is 58.9 Å². The number of esters is 1. The van der Waals surface area contributed by atoms with Gasteiger partial charge in [0.1, 0.15) is 47.5 Å². The Morgan fingerprint density at radius 2 is 1.68 bits per heavy atom. The number of carbonyl (C=O) groups is 3. The number of rotatable bonds is 10. The summed E-state index contributed by atoms with van der Waals surface area (Å²) >= 11 is 0. The molecule has 374 valence electrons. The predicted molar refractivity (Wildman–Crippen MR) is 263 cm³/mol. The van der Waals surface area contributed by atoms with Crippen LogP contribution in [0.1, 0.15) is 85.2 Å². The topological polar surface area (TPSA) is 202 Å². The van der Waals surface area contributed by atoms with Crippen LogP contribution in [0.15, 0.2) is 63.6 Å². The number of amides is 1. The van der Waals surface area contributed by atoms with E-state index in [0.717, 1.165) is 11.0 Å². The monoisotopic (exact) mass is 956 g/mol. The van der Waals surface area contributed by atoms with E-state index in [0.29, 0.717) is 30.5 Å². The Morgan fingerprint density at radius 1 is 0.971 bits per heavy atom. The second-order valence-corrected chi connectivity index (χ2v) is 19.8. The Morgan fingerprint density at radius 3 is 2.35 bits per heavy atom. The molecule has 1 amide bonds. The minimum atomic E-state index is -2.02. The molecule has 16 heteroatoms. The maximum absolute atomic E-state index is 14.8. The molecule has 69 heavy (non-hydrogen) atoms. The smallest absolute Gasteiger partial charge is 0.312 e. The van der Waals surface area contributed by atoms with Crippen molar-refractivity contribution in [3.8, 4) is 17.2 Å². The Balaban J connectivity index is 1.49. The van der Waals surface area contributed by atoms with E-state index >= 15 is 0 Å². The highest BCUT2D eigenvalue weighted by Gasteiger charge is 2.49. The molecule has 0 saturated heterocycles. The number of aliphatic hydroxyl groups is 1. The highest BCUT2D eigenvalue weighted by atomic mass is 16.7. The number of fused-ring (bicyclic) bond motifs is 2. The number of hydrogen-bond acceptors (Lipinski definition) is 14. The van der Waals surface area contributed by atoms with Gasteiger partial charge < -0.3 is 52.9 Å². The fourth-order valence-corrected chi connectivity index (χ4v) is 8.97. The number of phenols is 1. The van der Waals surface area contributed by atoms with Gasteiger partial charge >= 0.3 is 11.8 Å². The molecule has 9 atom stereocenters. The normalized spacial score (nSPS) is 27.8. The highest BCUT2D eigenvalue weighted by molar-refractivity contribution is 6.26. The zero-order valence-electron chi connectivity index (χ0n) is 42.4. The number of allylic oxidation sites excluding steroid dienone is 2. The zero-order valence-corrected chi connectivity index (χ0v) is 42.4. The van der Waals surface area contributed by atoms with Crippen molar-refractivity contribution in [3.05, 3.63) is 75.7 Å². The van der Waals surface area contributed by atoms with Crippen molar-refractivity contribution in [2.45, 2.75) is 106 Å². The van der Waals surface area contributed by atoms with Gasteiger partial charge in [-0.1, -0.05) is 52.8 Å². The summed E-state index contributed by atoms with van der Waals surface area (Å²) in [5.74, 6) is -5.57. The molecular formula is C53H70N3O13+. The number of carbonyl (C=O) groups excluding carboxylic acids is 3. The molecule has 6 rings (SSSR count). The fraction of sp³-hybridized carbons (Fsp3) is 0.528. The number of quaternary nitrogens is 1. The third-order valence-electron chi connectivity index (χ3n) is 14.6. The highest BCUT2D eigenvalue weighted by Crippen LogP contribution is 2.48. The van der Waals surface area contributed by atoms with E-state index in [2.05, 4.69) is 33.3 Å². The quantitative estimate of drug-likeness (QED) is 0.0343. The molecule has 3 heterocycles. The average molecular weight is 957 g/mol. The lowest BCUT2D eigenvalue weighted by molar-refractivity contribution is -0.911. The number of aromatic hydroxyl groups is 1. The number of nitrogens with zero attached hydrogens (tertiary/aromatic N) is 2. The standard InChI is InChI=1S/C53H69N3O13/c1-27(2)56(12,13)21-23-64-24-25-65-36-18-19-37-39(26-36)68-50-43(54-37)40-41-46(59)34(9)49-42(40)51(61)53(11,69-49)66-22-20-38(63-14)33(8)48(67-35(10)57)32(7)30(5)31(6)45(58)28(3)16-15-17-29(4)52(62)55-44(50)47(41)60/h15-20,22,26-28,30-33,38,45,48,58H,21,23-25H2,1-14H3,(H-,54,55,59,60,61,62)/p+1/b16-15+,22-20+,29-17-/t28-,30+,31-,32+,33+,38-,45-,48-,53-/m0/s1. The fourth-order valence-electron chi connectivity index (χ4n) is 8.97. The van der Waals surface area contributed by atoms with Gasteiger partial charge in [-0.25, -0.2) is 4.98 Å². The molecule has 0 radical (unpaired) electrons. The predicted octanol–water partition coefficient (Wildman–Crippen LogP) is 8.15. The summed E-state index contributed by atoms with van der Waals surface area (Å²) in [5.41, 5.74) is -0.403. The minimum absolute atomic E-state index is 0.00766. The molecule has 2 aliphatic heterocycles. The number of methoxy groups -OCH3 is 1. The van der Waals surface area contributed by atoms with Crippen LogP contribution in [0.2, 0.25) is 0 Å². The lowest BCUT2D eigenvalue weighted by atomic mass is 9.73. The van der Waals surface area contributed by atoms with Crippen LogP contribution in [0.25, 0.3) is 33.0 Å². The Labute approximate surface area is 403 Å². The molecule has 4 aromatic rings. The number of ether oxygens (including phenoxy) is 6. The van der Waals surface area contributed by atoms with Crippen LogP contribution >= 0.6 is 0 Å². The number of hydrogen-bond donors (Lipinski definition) is 3. The molecule has 4 bridgehead atoms. The lowest BCUT2D eigenvalue weighted by Crippen LogP contribution is -2.47. The van der Waals surface area contributed by atoms with Gasteiger partial charge in [0.15, 0.2) is 22.3 Å². The first-order valence-corrected chi connectivity index (χ1v) is 23.7. The maximum Gasteiger partial charge on any atom is 0.312 e. The maximum atomic E-state index is 14.8. The van der Waals surface area contributed by atoms with Gasteiger partial charge in [-0.05, 0) is 63.7 Å². The molecule has 0 spiro atoms. The van der Waals surface area contributed by atoms with Gasteiger partial charge in [0, 0.05) is 55.4 Å². The van der Waals surface area contributed by atoms with Gasteiger partial charge in [0.05, 0.1) is 62.8 Å². The lowest BCUT2D eigenvalue weighted by Gasteiger charge is -2.39. The van der Waals surface area contributed by atoms with Crippen molar-refractivity contribution in [2.24, 2.45) is 29.6 Å².